The van der Waals surface area contributed by atoms with E-state index < -0.39 is 0 Å². The standard InChI is InChI=1S/C20H16N2O5/c1-24-15-5-3-4-12-8-17(27-19(12)15)20(23)22-13-6-7-14(16(9-13)25-2)18-10-21-11-26-18/h3-11H,1-2H3,(H,22,23). The predicted octanol–water partition coefficient (Wildman–Crippen LogP) is 4.36. The van der Waals surface area contributed by atoms with Gasteiger partial charge in [-0.05, 0) is 24.3 Å². The molecule has 1 N–H and O–H groups in total. The number of nitrogens with one attached hydrogen (secondary N) is 1. The Kier molecular flexibility index (Phi) is 4.25. The highest BCUT2D eigenvalue weighted by Crippen LogP contribution is 2.33. The number of hydrogen-bond acceptors (Lipinski definition) is 6. The zero-order chi connectivity index (χ0) is 18.8. The van der Waals surface area contributed by atoms with Gasteiger partial charge in [-0.25, -0.2) is 4.98 Å². The van der Waals surface area contributed by atoms with Crippen molar-refractivity contribution in [2.75, 3.05) is 19.5 Å². The molecule has 2 aromatic carbocycles. The first-order valence-corrected chi connectivity index (χ1v) is 8.14. The molecule has 0 atom stereocenters. The van der Waals surface area contributed by atoms with E-state index in [0.29, 0.717) is 28.5 Å². The second-order valence-electron chi connectivity index (χ2n) is 5.72. The summed E-state index contributed by atoms with van der Waals surface area (Å²) in [5, 5.41) is 3.59. The van der Waals surface area contributed by atoms with Crippen molar-refractivity contribution in [3.05, 3.63) is 60.8 Å². The first-order chi connectivity index (χ1) is 13.2. The molecule has 0 saturated heterocycles. The van der Waals surface area contributed by atoms with Gasteiger partial charge in [0.25, 0.3) is 5.91 Å². The summed E-state index contributed by atoms with van der Waals surface area (Å²) in [4.78, 5) is 16.5. The molecule has 7 nitrogen and oxygen atoms in total. The number of para-hydroxylation sites is 1. The molecule has 0 radical (unpaired) electrons. The van der Waals surface area contributed by atoms with Gasteiger partial charge in [-0.2, -0.15) is 0 Å². The van der Waals surface area contributed by atoms with Gasteiger partial charge < -0.3 is 23.6 Å². The van der Waals surface area contributed by atoms with Crippen molar-refractivity contribution in [2.24, 2.45) is 0 Å². The molecule has 4 rings (SSSR count). The molecule has 0 bridgehead atoms. The lowest BCUT2D eigenvalue weighted by atomic mass is 10.1. The Balaban J connectivity index is 1.61. The molecule has 1 amide bonds. The Morgan fingerprint density at radius 3 is 2.67 bits per heavy atom. The van der Waals surface area contributed by atoms with Crippen LogP contribution in [-0.4, -0.2) is 25.1 Å². The lowest BCUT2D eigenvalue weighted by Gasteiger charge is -2.09. The van der Waals surface area contributed by atoms with Crippen LogP contribution in [0.2, 0.25) is 0 Å². The van der Waals surface area contributed by atoms with Crippen molar-refractivity contribution >= 4 is 22.6 Å². The van der Waals surface area contributed by atoms with Crippen LogP contribution in [0.3, 0.4) is 0 Å². The van der Waals surface area contributed by atoms with Crippen LogP contribution in [0.1, 0.15) is 10.6 Å². The number of benzene rings is 2. The fourth-order valence-corrected chi connectivity index (χ4v) is 2.82. The number of anilines is 1. The van der Waals surface area contributed by atoms with Gasteiger partial charge in [0.2, 0.25) is 0 Å². The normalized spacial score (nSPS) is 10.7. The third-order valence-corrected chi connectivity index (χ3v) is 4.11. The van der Waals surface area contributed by atoms with E-state index in [0.717, 1.165) is 10.9 Å². The maximum atomic E-state index is 12.6. The fraction of sp³-hybridized carbons (Fsp3) is 0.100. The fourth-order valence-electron chi connectivity index (χ4n) is 2.82. The summed E-state index contributed by atoms with van der Waals surface area (Å²) in [6.45, 7) is 0. The van der Waals surface area contributed by atoms with Gasteiger partial charge in [0, 0.05) is 17.1 Å². The minimum Gasteiger partial charge on any atom is -0.496 e. The van der Waals surface area contributed by atoms with Crippen LogP contribution >= 0.6 is 0 Å². The summed E-state index contributed by atoms with van der Waals surface area (Å²) in [7, 11) is 3.10. The lowest BCUT2D eigenvalue weighted by Crippen LogP contribution is -2.10. The molecule has 2 aromatic heterocycles. The van der Waals surface area contributed by atoms with E-state index in [4.69, 9.17) is 18.3 Å². The number of carbonyl (C=O) groups excluding carboxylic acids is 1. The largest absolute Gasteiger partial charge is 0.496 e. The smallest absolute Gasteiger partial charge is 0.291 e. The van der Waals surface area contributed by atoms with Gasteiger partial charge in [0.1, 0.15) is 5.75 Å². The Bertz CT molecular complexity index is 1100. The van der Waals surface area contributed by atoms with Crippen LogP contribution in [0.4, 0.5) is 5.69 Å². The van der Waals surface area contributed by atoms with E-state index >= 15 is 0 Å². The molecule has 0 aliphatic carbocycles. The minimum atomic E-state index is -0.372. The average molecular weight is 364 g/mol. The predicted molar refractivity (Wildman–Crippen MR) is 99.2 cm³/mol. The highest BCUT2D eigenvalue weighted by Gasteiger charge is 2.16. The summed E-state index contributed by atoms with van der Waals surface area (Å²) < 4.78 is 21.6. The zero-order valence-electron chi connectivity index (χ0n) is 14.7. The van der Waals surface area contributed by atoms with Crippen LogP contribution in [0.5, 0.6) is 11.5 Å². The number of rotatable bonds is 5. The zero-order valence-corrected chi connectivity index (χ0v) is 14.7. The number of oxazole rings is 1. The number of furan rings is 1. The van der Waals surface area contributed by atoms with Gasteiger partial charge in [0.15, 0.2) is 29.2 Å². The van der Waals surface area contributed by atoms with E-state index in [9.17, 15) is 4.79 Å². The van der Waals surface area contributed by atoms with Crippen molar-refractivity contribution in [3.63, 3.8) is 0 Å². The SMILES string of the molecule is COc1cc(NC(=O)c2cc3cccc(OC)c3o2)ccc1-c1cnco1. The number of fused-ring (bicyclic) bond motifs is 1. The summed E-state index contributed by atoms with van der Waals surface area (Å²) in [6.07, 6.45) is 2.94. The number of amides is 1. The molecule has 0 aliphatic rings. The van der Waals surface area contributed by atoms with Crippen molar-refractivity contribution in [1.82, 2.24) is 4.98 Å². The quantitative estimate of drug-likeness (QED) is 0.566. The molecular formula is C20H16N2O5. The van der Waals surface area contributed by atoms with E-state index in [1.807, 2.05) is 12.1 Å². The first-order valence-electron chi connectivity index (χ1n) is 8.14. The van der Waals surface area contributed by atoms with E-state index in [1.165, 1.54) is 6.39 Å². The Morgan fingerprint density at radius 1 is 1.07 bits per heavy atom. The summed E-state index contributed by atoms with van der Waals surface area (Å²) in [5.41, 5.74) is 1.83. The number of hydrogen-bond donors (Lipinski definition) is 1. The third-order valence-electron chi connectivity index (χ3n) is 4.11. The van der Waals surface area contributed by atoms with Crippen molar-refractivity contribution < 1.29 is 23.1 Å². The second-order valence-corrected chi connectivity index (χ2v) is 5.72. The van der Waals surface area contributed by atoms with Gasteiger partial charge in [-0.1, -0.05) is 12.1 Å². The average Bonchev–Trinajstić information content (AvgIpc) is 3.37. The number of carbonyl (C=O) groups is 1. The lowest BCUT2D eigenvalue weighted by molar-refractivity contribution is 0.0998. The van der Waals surface area contributed by atoms with Gasteiger partial charge in [0.05, 0.1) is 26.0 Å². The maximum absolute atomic E-state index is 12.6. The van der Waals surface area contributed by atoms with Crippen LogP contribution in [-0.2, 0) is 0 Å². The molecule has 0 unspecified atom stereocenters. The Morgan fingerprint density at radius 2 is 1.93 bits per heavy atom. The summed E-state index contributed by atoms with van der Waals surface area (Å²) >= 11 is 0. The minimum absolute atomic E-state index is 0.188. The molecule has 4 aromatic rings. The van der Waals surface area contributed by atoms with Crippen LogP contribution in [0, 0.1) is 0 Å². The van der Waals surface area contributed by atoms with Crippen LogP contribution < -0.4 is 14.8 Å². The van der Waals surface area contributed by atoms with Gasteiger partial charge in [-0.3, -0.25) is 4.79 Å². The molecule has 0 spiro atoms. The molecule has 2 heterocycles. The summed E-state index contributed by atoms with van der Waals surface area (Å²) in [6, 6.07) is 12.4. The first kappa shape index (κ1) is 16.7. The third kappa shape index (κ3) is 3.10. The van der Waals surface area contributed by atoms with Gasteiger partial charge in [-0.15, -0.1) is 0 Å². The Labute approximate surface area is 154 Å². The van der Waals surface area contributed by atoms with Crippen LogP contribution in [0.25, 0.3) is 22.3 Å². The Hall–Kier alpha value is -3.74. The molecule has 0 aliphatic heterocycles. The van der Waals surface area contributed by atoms with Crippen molar-refractivity contribution in [2.45, 2.75) is 0 Å². The highest BCUT2D eigenvalue weighted by atomic mass is 16.5. The number of methoxy groups -OCH3 is 2. The topological polar surface area (TPSA) is 86.7 Å². The molecule has 136 valence electrons. The monoisotopic (exact) mass is 364 g/mol. The molecular weight excluding hydrogens is 348 g/mol. The van der Waals surface area contributed by atoms with Crippen LogP contribution in [0.15, 0.2) is 63.9 Å². The van der Waals surface area contributed by atoms with E-state index in [2.05, 4.69) is 10.3 Å². The highest BCUT2D eigenvalue weighted by molar-refractivity contribution is 6.05. The van der Waals surface area contributed by atoms with Crippen molar-refractivity contribution in [3.8, 4) is 22.8 Å². The van der Waals surface area contributed by atoms with Crippen molar-refractivity contribution in [1.29, 1.82) is 0 Å². The molecule has 0 fully saturated rings. The molecule has 7 heteroatoms. The van der Waals surface area contributed by atoms with E-state index in [-0.39, 0.29) is 11.7 Å². The maximum Gasteiger partial charge on any atom is 0.291 e. The number of ether oxygens (including phenoxy) is 2. The van der Waals surface area contributed by atoms with Gasteiger partial charge >= 0.3 is 0 Å². The second kappa shape index (κ2) is 6.87. The molecule has 0 saturated carbocycles. The number of aromatic nitrogens is 1. The number of nitrogens with zero attached hydrogens (tertiary/aromatic N) is 1. The van der Waals surface area contributed by atoms with E-state index in [1.54, 1.807) is 50.7 Å². The summed E-state index contributed by atoms with van der Waals surface area (Å²) in [5.74, 6) is 1.52. The molecule has 27 heavy (non-hydrogen) atoms.